The molecule has 0 N–H and O–H groups in total. The summed E-state index contributed by atoms with van der Waals surface area (Å²) in [5, 5.41) is 0.583. The number of halogens is 1. The summed E-state index contributed by atoms with van der Waals surface area (Å²) in [5.41, 5.74) is 3.38. The standard InChI is InChI=1S/C23H17ClO3/c24-21-8-4-5-17(15-21)9-14-23(26)27-16-22(25)20-12-10-19(11-13-20)18-6-2-1-3-7-18/h1-15H,16H2/b14-9+. The van der Waals surface area contributed by atoms with E-state index in [9.17, 15) is 9.59 Å². The summed E-state index contributed by atoms with van der Waals surface area (Å²) in [6.45, 7) is -0.302. The van der Waals surface area contributed by atoms with Crippen molar-refractivity contribution in [1.82, 2.24) is 0 Å². The number of carbonyl (C=O) groups is 2. The Labute approximate surface area is 162 Å². The van der Waals surface area contributed by atoms with Gasteiger partial charge < -0.3 is 4.74 Å². The first-order chi connectivity index (χ1) is 13.1. The lowest BCUT2D eigenvalue weighted by Crippen LogP contribution is -2.12. The normalized spacial score (nSPS) is 10.7. The number of hydrogen-bond acceptors (Lipinski definition) is 3. The van der Waals surface area contributed by atoms with Crippen LogP contribution in [0, 0.1) is 0 Å². The molecule has 3 rings (SSSR count). The summed E-state index contributed by atoms with van der Waals surface area (Å²) in [6.07, 6.45) is 2.87. The van der Waals surface area contributed by atoms with Gasteiger partial charge in [-0.25, -0.2) is 4.79 Å². The van der Waals surface area contributed by atoms with Gasteiger partial charge in [0.2, 0.25) is 0 Å². The van der Waals surface area contributed by atoms with Gasteiger partial charge in [0.05, 0.1) is 0 Å². The maximum atomic E-state index is 12.2. The molecule has 0 heterocycles. The Balaban J connectivity index is 1.55. The zero-order chi connectivity index (χ0) is 19.1. The van der Waals surface area contributed by atoms with E-state index in [0.29, 0.717) is 10.6 Å². The van der Waals surface area contributed by atoms with Crippen LogP contribution in [-0.2, 0) is 9.53 Å². The van der Waals surface area contributed by atoms with E-state index in [1.54, 1.807) is 36.4 Å². The van der Waals surface area contributed by atoms with Gasteiger partial charge in [0.1, 0.15) is 0 Å². The highest BCUT2D eigenvalue weighted by Crippen LogP contribution is 2.19. The maximum absolute atomic E-state index is 12.2. The molecule has 0 saturated carbocycles. The molecule has 0 aliphatic rings. The van der Waals surface area contributed by atoms with Crippen molar-refractivity contribution in [3.8, 4) is 11.1 Å². The fraction of sp³-hybridized carbons (Fsp3) is 0.0435. The number of rotatable bonds is 6. The smallest absolute Gasteiger partial charge is 0.331 e. The summed E-state index contributed by atoms with van der Waals surface area (Å²) in [6, 6.07) is 24.2. The molecular weight excluding hydrogens is 360 g/mol. The van der Waals surface area contributed by atoms with Crippen molar-refractivity contribution in [3.63, 3.8) is 0 Å². The Hall–Kier alpha value is -3.17. The number of carbonyl (C=O) groups excluding carboxylic acids is 2. The zero-order valence-corrected chi connectivity index (χ0v) is 15.2. The Bertz CT molecular complexity index is 960. The van der Waals surface area contributed by atoms with Crippen molar-refractivity contribution in [2.24, 2.45) is 0 Å². The molecule has 0 amide bonds. The van der Waals surface area contributed by atoms with Crippen LogP contribution >= 0.6 is 11.6 Å². The van der Waals surface area contributed by atoms with Crippen LogP contribution in [0.2, 0.25) is 5.02 Å². The molecule has 3 aromatic rings. The topological polar surface area (TPSA) is 43.4 Å². The van der Waals surface area contributed by atoms with Crippen LogP contribution in [0.5, 0.6) is 0 Å². The SMILES string of the molecule is O=C(/C=C/c1cccc(Cl)c1)OCC(=O)c1ccc(-c2ccccc2)cc1. The van der Waals surface area contributed by atoms with E-state index in [1.807, 2.05) is 48.5 Å². The number of hydrogen-bond donors (Lipinski definition) is 0. The third-order valence-corrected chi connectivity index (χ3v) is 4.16. The molecule has 27 heavy (non-hydrogen) atoms. The first-order valence-corrected chi connectivity index (χ1v) is 8.79. The van der Waals surface area contributed by atoms with Gasteiger partial charge in [0.25, 0.3) is 0 Å². The fourth-order valence-electron chi connectivity index (χ4n) is 2.52. The summed E-state index contributed by atoms with van der Waals surface area (Å²) in [7, 11) is 0. The molecule has 3 nitrogen and oxygen atoms in total. The minimum Gasteiger partial charge on any atom is -0.454 e. The van der Waals surface area contributed by atoms with Crippen molar-refractivity contribution in [2.45, 2.75) is 0 Å². The van der Waals surface area contributed by atoms with E-state index in [4.69, 9.17) is 16.3 Å². The van der Waals surface area contributed by atoms with Crippen molar-refractivity contribution in [2.75, 3.05) is 6.61 Å². The fourth-order valence-corrected chi connectivity index (χ4v) is 2.72. The molecule has 0 aliphatic carbocycles. The molecule has 0 unspecified atom stereocenters. The van der Waals surface area contributed by atoms with E-state index in [2.05, 4.69) is 0 Å². The van der Waals surface area contributed by atoms with E-state index in [1.165, 1.54) is 6.08 Å². The predicted molar refractivity (Wildman–Crippen MR) is 108 cm³/mol. The van der Waals surface area contributed by atoms with Gasteiger partial charge in [-0.05, 0) is 34.9 Å². The Morgan fingerprint density at radius 3 is 2.26 bits per heavy atom. The van der Waals surface area contributed by atoms with Crippen LogP contribution in [0.3, 0.4) is 0 Å². The molecule has 0 saturated heterocycles. The molecule has 0 spiro atoms. The van der Waals surface area contributed by atoms with Crippen LogP contribution in [0.4, 0.5) is 0 Å². The average molecular weight is 377 g/mol. The molecular formula is C23H17ClO3. The molecule has 4 heteroatoms. The van der Waals surface area contributed by atoms with Crippen LogP contribution in [-0.4, -0.2) is 18.4 Å². The number of ketones is 1. The number of benzene rings is 3. The lowest BCUT2D eigenvalue weighted by Gasteiger charge is -2.05. The number of ether oxygens (including phenoxy) is 1. The zero-order valence-electron chi connectivity index (χ0n) is 14.5. The summed E-state index contributed by atoms with van der Waals surface area (Å²) >= 11 is 5.89. The molecule has 0 bridgehead atoms. The van der Waals surface area contributed by atoms with Crippen molar-refractivity contribution >= 4 is 29.4 Å². The highest BCUT2D eigenvalue weighted by atomic mass is 35.5. The Kier molecular flexibility index (Phi) is 6.18. The molecule has 0 fully saturated rings. The highest BCUT2D eigenvalue weighted by molar-refractivity contribution is 6.30. The summed E-state index contributed by atoms with van der Waals surface area (Å²) < 4.78 is 5.02. The van der Waals surface area contributed by atoms with Gasteiger partial charge in [-0.2, -0.15) is 0 Å². The van der Waals surface area contributed by atoms with E-state index < -0.39 is 5.97 Å². The molecule has 0 radical (unpaired) electrons. The third kappa shape index (κ3) is 5.40. The Morgan fingerprint density at radius 1 is 0.852 bits per heavy atom. The van der Waals surface area contributed by atoms with E-state index >= 15 is 0 Å². The minimum absolute atomic E-state index is 0.251. The van der Waals surface area contributed by atoms with Crippen LogP contribution in [0.1, 0.15) is 15.9 Å². The maximum Gasteiger partial charge on any atom is 0.331 e. The lowest BCUT2D eigenvalue weighted by atomic mass is 10.0. The quantitative estimate of drug-likeness (QED) is 0.326. The van der Waals surface area contributed by atoms with Crippen LogP contribution < -0.4 is 0 Å². The van der Waals surface area contributed by atoms with Gasteiger partial charge in [-0.15, -0.1) is 0 Å². The second-order valence-electron chi connectivity index (χ2n) is 5.86. The van der Waals surface area contributed by atoms with Gasteiger partial charge in [0.15, 0.2) is 12.4 Å². The molecule has 0 atom stereocenters. The largest absolute Gasteiger partial charge is 0.454 e. The first-order valence-electron chi connectivity index (χ1n) is 8.41. The summed E-state index contributed by atoms with van der Waals surface area (Å²) in [4.78, 5) is 24.0. The van der Waals surface area contributed by atoms with Gasteiger partial charge in [-0.3, -0.25) is 4.79 Å². The molecule has 134 valence electrons. The van der Waals surface area contributed by atoms with Crippen LogP contribution in [0.25, 0.3) is 17.2 Å². The highest BCUT2D eigenvalue weighted by Gasteiger charge is 2.09. The third-order valence-electron chi connectivity index (χ3n) is 3.92. The Morgan fingerprint density at radius 2 is 1.56 bits per heavy atom. The van der Waals surface area contributed by atoms with Gasteiger partial charge >= 0.3 is 5.97 Å². The average Bonchev–Trinajstić information content (AvgIpc) is 2.71. The number of esters is 1. The van der Waals surface area contributed by atoms with Gasteiger partial charge in [-0.1, -0.05) is 78.3 Å². The van der Waals surface area contributed by atoms with Crippen LogP contribution in [0.15, 0.2) is 84.9 Å². The van der Waals surface area contributed by atoms with Crippen molar-refractivity contribution < 1.29 is 14.3 Å². The summed E-state index contributed by atoms with van der Waals surface area (Å²) in [5.74, 6) is -0.830. The molecule has 3 aromatic carbocycles. The van der Waals surface area contributed by atoms with Crippen molar-refractivity contribution in [1.29, 1.82) is 0 Å². The lowest BCUT2D eigenvalue weighted by molar-refractivity contribution is -0.136. The van der Waals surface area contributed by atoms with E-state index in [0.717, 1.165) is 16.7 Å². The predicted octanol–water partition coefficient (Wildman–Crippen LogP) is 5.45. The van der Waals surface area contributed by atoms with E-state index in [-0.39, 0.29) is 12.4 Å². The monoisotopic (exact) mass is 376 g/mol. The van der Waals surface area contributed by atoms with Gasteiger partial charge in [0, 0.05) is 16.7 Å². The minimum atomic E-state index is -0.579. The molecule has 0 aliphatic heterocycles. The first kappa shape index (κ1) is 18.6. The molecule has 0 aromatic heterocycles. The van der Waals surface area contributed by atoms with Crippen molar-refractivity contribution in [3.05, 3.63) is 101 Å². The number of Topliss-reactive ketones (excluding diaryl/α,β-unsaturated/α-hetero) is 1. The second-order valence-corrected chi connectivity index (χ2v) is 6.30. The second kappa shape index (κ2) is 8.97.